The quantitative estimate of drug-likeness (QED) is 0.824. The Kier molecular flexibility index (Phi) is 3.07. The van der Waals surface area contributed by atoms with Crippen LogP contribution in [0.3, 0.4) is 0 Å². The molecular weight excluding hydrogens is 236 g/mol. The number of methoxy groups -OCH3 is 1. The van der Waals surface area contributed by atoms with E-state index in [1.54, 1.807) is 7.11 Å². The van der Waals surface area contributed by atoms with E-state index >= 15 is 0 Å². The average molecular weight is 266 g/mol. The van der Waals surface area contributed by atoms with Gasteiger partial charge in [0.25, 0.3) is 0 Å². The smallest absolute Gasteiger partial charge is 0.0941 e. The van der Waals surface area contributed by atoms with Crippen molar-refractivity contribution in [1.29, 1.82) is 0 Å². The van der Waals surface area contributed by atoms with Crippen LogP contribution in [0.25, 0.3) is 0 Å². The zero-order valence-corrected chi connectivity index (χ0v) is 13.0. The van der Waals surface area contributed by atoms with E-state index in [0.717, 1.165) is 25.2 Å². The standard InChI is InChI=1S/C17H30O2/c1-15(2)12-8-10-16(15,3)13(11-12)17(18)9-6-5-7-14(17)19-4/h12-14,18H,5-11H2,1-4H3/t12-,13-,14?,16+,17?/m0/s1. The Morgan fingerprint density at radius 1 is 1.05 bits per heavy atom. The van der Waals surface area contributed by atoms with Gasteiger partial charge < -0.3 is 9.84 Å². The maximum Gasteiger partial charge on any atom is 0.0941 e. The van der Waals surface area contributed by atoms with Crippen molar-refractivity contribution in [2.75, 3.05) is 7.11 Å². The summed E-state index contributed by atoms with van der Waals surface area (Å²) in [5.74, 6) is 1.23. The minimum atomic E-state index is -0.575. The third-order valence-electron chi connectivity index (χ3n) is 7.53. The van der Waals surface area contributed by atoms with Gasteiger partial charge in [-0.25, -0.2) is 0 Å². The highest BCUT2D eigenvalue weighted by Crippen LogP contribution is 2.71. The molecule has 2 nitrogen and oxygen atoms in total. The van der Waals surface area contributed by atoms with E-state index in [2.05, 4.69) is 20.8 Å². The van der Waals surface area contributed by atoms with Gasteiger partial charge >= 0.3 is 0 Å². The topological polar surface area (TPSA) is 29.5 Å². The second-order valence-electron chi connectivity index (χ2n) is 8.12. The number of rotatable bonds is 2. The highest BCUT2D eigenvalue weighted by Gasteiger charge is 2.67. The number of aliphatic hydroxyl groups is 1. The van der Waals surface area contributed by atoms with E-state index in [1.165, 1.54) is 25.7 Å². The molecule has 0 saturated heterocycles. The summed E-state index contributed by atoms with van der Waals surface area (Å²) in [5, 5.41) is 11.4. The maximum atomic E-state index is 11.4. The SMILES string of the molecule is COC1CCCCC1(O)[C@H]1C[C@@H]2CC[C@@]1(C)C2(C)C. The lowest BCUT2D eigenvalue weighted by Crippen LogP contribution is -2.56. The molecule has 3 rings (SSSR count). The van der Waals surface area contributed by atoms with Gasteiger partial charge in [0.15, 0.2) is 0 Å². The third-order valence-corrected chi connectivity index (χ3v) is 7.53. The van der Waals surface area contributed by atoms with Crippen molar-refractivity contribution in [2.24, 2.45) is 22.7 Å². The molecule has 2 heteroatoms. The molecule has 0 aromatic rings. The molecule has 0 radical (unpaired) electrons. The van der Waals surface area contributed by atoms with E-state index in [-0.39, 0.29) is 6.10 Å². The van der Waals surface area contributed by atoms with Gasteiger partial charge in [-0.2, -0.15) is 0 Å². The van der Waals surface area contributed by atoms with Crippen molar-refractivity contribution in [2.45, 2.75) is 77.4 Å². The van der Waals surface area contributed by atoms with Crippen molar-refractivity contribution in [1.82, 2.24) is 0 Å². The van der Waals surface area contributed by atoms with Crippen LogP contribution in [-0.4, -0.2) is 23.9 Å². The Labute approximate surface area is 117 Å². The van der Waals surface area contributed by atoms with Gasteiger partial charge in [0.05, 0.1) is 11.7 Å². The summed E-state index contributed by atoms with van der Waals surface area (Å²) in [7, 11) is 1.78. The molecule has 0 aliphatic heterocycles. The van der Waals surface area contributed by atoms with Gasteiger partial charge in [0.2, 0.25) is 0 Å². The second kappa shape index (κ2) is 4.21. The molecular formula is C17H30O2. The molecule has 0 spiro atoms. The van der Waals surface area contributed by atoms with Gasteiger partial charge in [-0.3, -0.25) is 0 Å². The van der Waals surface area contributed by atoms with E-state index in [4.69, 9.17) is 4.74 Å². The molecule has 0 aromatic heterocycles. The summed E-state index contributed by atoms with van der Waals surface area (Å²) in [4.78, 5) is 0. The van der Waals surface area contributed by atoms with Gasteiger partial charge in [0, 0.05) is 7.11 Å². The first-order valence-electron chi connectivity index (χ1n) is 8.11. The summed E-state index contributed by atoms with van der Waals surface area (Å²) in [6.07, 6.45) is 8.24. The van der Waals surface area contributed by atoms with Crippen LogP contribution in [0.2, 0.25) is 0 Å². The highest BCUT2D eigenvalue weighted by molar-refractivity contribution is 5.16. The molecule has 0 aromatic carbocycles. The lowest BCUT2D eigenvalue weighted by Gasteiger charge is -2.51. The first-order chi connectivity index (χ1) is 8.86. The van der Waals surface area contributed by atoms with E-state index in [1.807, 2.05) is 0 Å². The summed E-state index contributed by atoms with van der Waals surface area (Å²) in [6, 6.07) is 0. The number of fused-ring (bicyclic) bond motifs is 2. The lowest BCUT2D eigenvalue weighted by atomic mass is 9.58. The highest BCUT2D eigenvalue weighted by atomic mass is 16.5. The first kappa shape index (κ1) is 13.9. The normalized spacial score (nSPS) is 52.6. The molecule has 3 aliphatic carbocycles. The molecule has 5 atom stereocenters. The molecule has 110 valence electrons. The van der Waals surface area contributed by atoms with Crippen LogP contribution in [0.1, 0.15) is 65.7 Å². The average Bonchev–Trinajstić information content (AvgIpc) is 2.71. The maximum absolute atomic E-state index is 11.4. The van der Waals surface area contributed by atoms with Crippen LogP contribution in [0.5, 0.6) is 0 Å². The van der Waals surface area contributed by atoms with Gasteiger partial charge in [-0.1, -0.05) is 33.6 Å². The summed E-state index contributed by atoms with van der Waals surface area (Å²) in [6.45, 7) is 7.29. The molecule has 19 heavy (non-hydrogen) atoms. The third kappa shape index (κ3) is 1.62. The van der Waals surface area contributed by atoms with E-state index < -0.39 is 5.60 Å². The van der Waals surface area contributed by atoms with Crippen LogP contribution in [0.4, 0.5) is 0 Å². The van der Waals surface area contributed by atoms with Crippen molar-refractivity contribution < 1.29 is 9.84 Å². The van der Waals surface area contributed by atoms with Crippen LogP contribution >= 0.6 is 0 Å². The monoisotopic (exact) mass is 266 g/mol. The number of hydrogen-bond donors (Lipinski definition) is 1. The largest absolute Gasteiger partial charge is 0.387 e. The Morgan fingerprint density at radius 3 is 2.32 bits per heavy atom. The minimum absolute atomic E-state index is 0.0539. The molecule has 0 heterocycles. The first-order valence-corrected chi connectivity index (χ1v) is 8.11. The zero-order chi connectivity index (χ0) is 13.9. The Balaban J connectivity index is 1.94. The van der Waals surface area contributed by atoms with Crippen molar-refractivity contribution in [3.8, 4) is 0 Å². The van der Waals surface area contributed by atoms with Crippen molar-refractivity contribution in [3.05, 3.63) is 0 Å². The van der Waals surface area contributed by atoms with Crippen LogP contribution in [0, 0.1) is 22.7 Å². The zero-order valence-electron chi connectivity index (χ0n) is 13.0. The summed E-state index contributed by atoms with van der Waals surface area (Å²) < 4.78 is 5.69. The Hall–Kier alpha value is -0.0800. The summed E-state index contributed by atoms with van der Waals surface area (Å²) in [5.41, 5.74) is 0.0951. The Bertz CT molecular complexity index is 364. The predicted molar refractivity (Wildman–Crippen MR) is 76.9 cm³/mol. The Morgan fingerprint density at radius 2 is 1.79 bits per heavy atom. The van der Waals surface area contributed by atoms with Crippen LogP contribution in [-0.2, 0) is 4.74 Å². The van der Waals surface area contributed by atoms with Gasteiger partial charge in [-0.05, 0) is 54.8 Å². The number of hydrogen-bond acceptors (Lipinski definition) is 2. The summed E-state index contributed by atoms with van der Waals surface area (Å²) >= 11 is 0. The molecule has 3 aliphatic rings. The predicted octanol–water partition coefficient (Wildman–Crippen LogP) is 3.77. The van der Waals surface area contributed by atoms with Gasteiger partial charge in [-0.15, -0.1) is 0 Å². The molecule has 1 N–H and O–H groups in total. The molecule has 3 fully saturated rings. The fourth-order valence-corrected chi connectivity index (χ4v) is 5.83. The minimum Gasteiger partial charge on any atom is -0.387 e. The molecule has 2 bridgehead atoms. The van der Waals surface area contributed by atoms with E-state index in [9.17, 15) is 5.11 Å². The fraction of sp³-hybridized carbons (Fsp3) is 1.00. The van der Waals surface area contributed by atoms with Crippen molar-refractivity contribution in [3.63, 3.8) is 0 Å². The van der Waals surface area contributed by atoms with Gasteiger partial charge in [0.1, 0.15) is 0 Å². The van der Waals surface area contributed by atoms with E-state index in [0.29, 0.717) is 16.7 Å². The second-order valence-corrected chi connectivity index (χ2v) is 8.12. The lowest BCUT2D eigenvalue weighted by molar-refractivity contribution is -0.177. The van der Waals surface area contributed by atoms with Crippen molar-refractivity contribution >= 4 is 0 Å². The molecule has 3 saturated carbocycles. The molecule has 0 amide bonds. The molecule has 2 unspecified atom stereocenters. The van der Waals surface area contributed by atoms with Crippen LogP contribution in [0.15, 0.2) is 0 Å². The fourth-order valence-electron chi connectivity index (χ4n) is 5.83. The van der Waals surface area contributed by atoms with Crippen LogP contribution < -0.4 is 0 Å². The number of ether oxygens (including phenoxy) is 1.